The monoisotopic (exact) mass is 280 g/mol. The molecule has 0 heterocycles. The van der Waals surface area contributed by atoms with Gasteiger partial charge in [0, 0.05) is 5.56 Å². The van der Waals surface area contributed by atoms with E-state index < -0.39 is 11.9 Å². The van der Waals surface area contributed by atoms with Gasteiger partial charge in [0.05, 0.1) is 22.9 Å². The first-order valence-electron chi connectivity index (χ1n) is 6.17. The number of nitrogens with one attached hydrogen (secondary N) is 1. The third kappa shape index (κ3) is 3.07. The number of carbonyl (C=O) groups excluding carboxylic acids is 1. The standard InChI is InChI=1S/C16H12N2O3/c1-10-3-2-4-13(14(10)16(20)21)18-15(19)12-7-5-11(9-17)6-8-12/h2-8H,1H3,(H,18,19)(H,20,21). The molecule has 0 spiro atoms. The smallest absolute Gasteiger partial charge is 0.338 e. The Labute approximate surface area is 121 Å². The van der Waals surface area contributed by atoms with Crippen molar-refractivity contribution in [3.05, 3.63) is 64.7 Å². The SMILES string of the molecule is Cc1cccc(NC(=O)c2ccc(C#N)cc2)c1C(=O)O. The number of carbonyl (C=O) groups is 2. The molecule has 1 amide bonds. The molecule has 2 aromatic carbocycles. The van der Waals surface area contributed by atoms with Gasteiger partial charge in [-0.25, -0.2) is 4.79 Å². The van der Waals surface area contributed by atoms with E-state index in [-0.39, 0.29) is 11.3 Å². The molecule has 5 heteroatoms. The zero-order chi connectivity index (χ0) is 15.4. The topological polar surface area (TPSA) is 90.2 Å². The van der Waals surface area contributed by atoms with Crippen LogP contribution in [-0.4, -0.2) is 17.0 Å². The number of aromatic carboxylic acids is 1. The van der Waals surface area contributed by atoms with Crippen molar-refractivity contribution in [3.63, 3.8) is 0 Å². The van der Waals surface area contributed by atoms with Crippen molar-refractivity contribution in [1.29, 1.82) is 5.26 Å². The molecule has 0 saturated carbocycles. The fourth-order valence-corrected chi connectivity index (χ4v) is 1.95. The lowest BCUT2D eigenvalue weighted by Gasteiger charge is -2.10. The first-order chi connectivity index (χ1) is 10.0. The Bertz CT molecular complexity index is 743. The third-order valence-electron chi connectivity index (χ3n) is 3.01. The Kier molecular flexibility index (Phi) is 4.00. The highest BCUT2D eigenvalue weighted by Crippen LogP contribution is 2.20. The van der Waals surface area contributed by atoms with Gasteiger partial charge in [-0.2, -0.15) is 5.26 Å². The number of anilines is 1. The molecule has 21 heavy (non-hydrogen) atoms. The number of hydrogen-bond donors (Lipinski definition) is 2. The van der Waals surface area contributed by atoms with E-state index in [1.807, 2.05) is 6.07 Å². The zero-order valence-electron chi connectivity index (χ0n) is 11.3. The van der Waals surface area contributed by atoms with E-state index in [0.717, 1.165) is 0 Å². The van der Waals surface area contributed by atoms with E-state index in [1.165, 1.54) is 30.3 Å². The predicted molar refractivity (Wildman–Crippen MR) is 77.2 cm³/mol. The molecule has 0 aromatic heterocycles. The molecule has 0 radical (unpaired) electrons. The van der Waals surface area contributed by atoms with E-state index in [2.05, 4.69) is 5.32 Å². The molecule has 0 bridgehead atoms. The van der Waals surface area contributed by atoms with E-state index >= 15 is 0 Å². The lowest BCUT2D eigenvalue weighted by Crippen LogP contribution is -2.15. The first kappa shape index (κ1) is 14.3. The van der Waals surface area contributed by atoms with Gasteiger partial charge in [-0.15, -0.1) is 0 Å². The molecule has 104 valence electrons. The van der Waals surface area contributed by atoms with E-state index in [9.17, 15) is 14.7 Å². The minimum absolute atomic E-state index is 0.0690. The maximum Gasteiger partial charge on any atom is 0.338 e. The summed E-state index contributed by atoms with van der Waals surface area (Å²) in [5.74, 6) is -1.52. The second kappa shape index (κ2) is 5.88. The summed E-state index contributed by atoms with van der Waals surface area (Å²) in [5.41, 5.74) is 1.69. The molecular weight excluding hydrogens is 268 g/mol. The minimum atomic E-state index is -1.09. The maximum absolute atomic E-state index is 12.1. The van der Waals surface area contributed by atoms with Gasteiger partial charge in [0.1, 0.15) is 0 Å². The summed E-state index contributed by atoms with van der Waals surface area (Å²) in [4.78, 5) is 23.4. The Morgan fingerprint density at radius 2 is 1.81 bits per heavy atom. The van der Waals surface area contributed by atoms with Crippen LogP contribution in [0.5, 0.6) is 0 Å². The molecule has 5 nitrogen and oxygen atoms in total. The molecule has 0 aliphatic carbocycles. The summed E-state index contributed by atoms with van der Waals surface area (Å²) in [6.07, 6.45) is 0. The minimum Gasteiger partial charge on any atom is -0.478 e. The number of hydrogen-bond acceptors (Lipinski definition) is 3. The van der Waals surface area contributed by atoms with Crippen LogP contribution >= 0.6 is 0 Å². The third-order valence-corrected chi connectivity index (χ3v) is 3.01. The summed E-state index contributed by atoms with van der Waals surface area (Å²) in [7, 11) is 0. The van der Waals surface area contributed by atoms with E-state index in [4.69, 9.17) is 5.26 Å². The second-order valence-electron chi connectivity index (χ2n) is 4.45. The van der Waals surface area contributed by atoms with Crippen molar-refractivity contribution in [1.82, 2.24) is 0 Å². The van der Waals surface area contributed by atoms with Gasteiger partial charge in [0.2, 0.25) is 0 Å². The Hall–Kier alpha value is -3.13. The van der Waals surface area contributed by atoms with Gasteiger partial charge in [-0.05, 0) is 42.8 Å². The highest BCUT2D eigenvalue weighted by molar-refractivity contribution is 6.08. The number of nitriles is 1. The number of nitrogens with zero attached hydrogens (tertiary/aromatic N) is 1. The first-order valence-corrected chi connectivity index (χ1v) is 6.17. The average Bonchev–Trinajstić information content (AvgIpc) is 2.47. The Balaban J connectivity index is 2.29. The van der Waals surface area contributed by atoms with Gasteiger partial charge in [0.15, 0.2) is 0 Å². The fraction of sp³-hybridized carbons (Fsp3) is 0.0625. The number of amides is 1. The average molecular weight is 280 g/mol. The van der Waals surface area contributed by atoms with E-state index in [0.29, 0.717) is 16.7 Å². The molecule has 0 atom stereocenters. The van der Waals surface area contributed by atoms with Crippen molar-refractivity contribution in [2.45, 2.75) is 6.92 Å². The number of carboxylic acids is 1. The Morgan fingerprint density at radius 3 is 2.38 bits per heavy atom. The lowest BCUT2D eigenvalue weighted by atomic mass is 10.1. The van der Waals surface area contributed by atoms with Crippen molar-refractivity contribution in [2.75, 3.05) is 5.32 Å². The number of benzene rings is 2. The molecule has 0 unspecified atom stereocenters. The van der Waals surface area contributed by atoms with Crippen LogP contribution in [0.15, 0.2) is 42.5 Å². The van der Waals surface area contributed by atoms with Crippen LogP contribution in [0.25, 0.3) is 0 Å². The van der Waals surface area contributed by atoms with Crippen LogP contribution in [0.4, 0.5) is 5.69 Å². The Morgan fingerprint density at radius 1 is 1.14 bits per heavy atom. The number of carboxylic acid groups (broad SMARTS) is 1. The summed E-state index contributed by atoms with van der Waals surface area (Å²) >= 11 is 0. The summed E-state index contributed by atoms with van der Waals surface area (Å²) in [6.45, 7) is 1.67. The summed E-state index contributed by atoms with van der Waals surface area (Å²) < 4.78 is 0. The van der Waals surface area contributed by atoms with Crippen LogP contribution in [-0.2, 0) is 0 Å². The van der Waals surface area contributed by atoms with Crippen LogP contribution in [0.2, 0.25) is 0 Å². The quantitative estimate of drug-likeness (QED) is 0.904. The largest absolute Gasteiger partial charge is 0.478 e. The van der Waals surface area contributed by atoms with Crippen LogP contribution < -0.4 is 5.32 Å². The number of rotatable bonds is 3. The molecular formula is C16H12N2O3. The van der Waals surface area contributed by atoms with Gasteiger partial charge in [-0.3, -0.25) is 4.79 Å². The molecule has 2 aromatic rings. The molecule has 0 aliphatic rings. The predicted octanol–water partition coefficient (Wildman–Crippen LogP) is 2.82. The second-order valence-corrected chi connectivity index (χ2v) is 4.45. The molecule has 0 aliphatic heterocycles. The van der Waals surface area contributed by atoms with Crippen molar-refractivity contribution >= 4 is 17.6 Å². The van der Waals surface area contributed by atoms with Crippen molar-refractivity contribution < 1.29 is 14.7 Å². The fourth-order valence-electron chi connectivity index (χ4n) is 1.95. The number of aryl methyl sites for hydroxylation is 1. The summed E-state index contributed by atoms with van der Waals surface area (Å²) in [6, 6.07) is 12.9. The van der Waals surface area contributed by atoms with Crippen LogP contribution in [0.1, 0.15) is 31.8 Å². The maximum atomic E-state index is 12.1. The van der Waals surface area contributed by atoms with Crippen molar-refractivity contribution in [2.24, 2.45) is 0 Å². The van der Waals surface area contributed by atoms with E-state index in [1.54, 1.807) is 19.1 Å². The van der Waals surface area contributed by atoms with Gasteiger partial charge < -0.3 is 10.4 Å². The highest BCUT2D eigenvalue weighted by Gasteiger charge is 2.15. The molecule has 0 fully saturated rings. The molecule has 2 N–H and O–H groups in total. The highest BCUT2D eigenvalue weighted by atomic mass is 16.4. The molecule has 2 rings (SSSR count). The normalized spacial score (nSPS) is 9.71. The van der Waals surface area contributed by atoms with Crippen LogP contribution in [0, 0.1) is 18.3 Å². The lowest BCUT2D eigenvalue weighted by molar-refractivity contribution is 0.0697. The van der Waals surface area contributed by atoms with Gasteiger partial charge in [-0.1, -0.05) is 12.1 Å². The van der Waals surface area contributed by atoms with Gasteiger partial charge >= 0.3 is 5.97 Å². The molecule has 0 saturated heterocycles. The van der Waals surface area contributed by atoms with Crippen molar-refractivity contribution in [3.8, 4) is 6.07 Å². The van der Waals surface area contributed by atoms with Crippen LogP contribution in [0.3, 0.4) is 0 Å². The zero-order valence-corrected chi connectivity index (χ0v) is 11.3. The summed E-state index contributed by atoms with van der Waals surface area (Å²) in [5, 5.41) is 20.5. The van der Waals surface area contributed by atoms with Gasteiger partial charge in [0.25, 0.3) is 5.91 Å².